The molecule has 0 radical (unpaired) electrons. The van der Waals surface area contributed by atoms with Crippen LogP contribution in [0.15, 0.2) is 108 Å². The molecule has 12 nitrogen and oxygen atoms in total. The molecule has 3 fully saturated rings. The van der Waals surface area contributed by atoms with Crippen LogP contribution in [0.2, 0.25) is 37.3 Å². The average molecular weight is 1240 g/mol. The van der Waals surface area contributed by atoms with E-state index in [0.717, 1.165) is 27.1 Å². The number of benzene rings is 2. The van der Waals surface area contributed by atoms with E-state index in [-0.39, 0.29) is 66.6 Å². The second-order valence-electron chi connectivity index (χ2n) is 22.9. The minimum atomic E-state index is -1.98. The predicted octanol–water partition coefficient (Wildman–Crippen LogP) is 11.6. The van der Waals surface area contributed by atoms with E-state index < -0.39 is 33.8 Å². The Morgan fingerprint density at radius 3 is 1.60 bits per heavy atom. The van der Waals surface area contributed by atoms with Gasteiger partial charge in [0, 0.05) is 98.6 Å². The number of carbonyl (C=O) groups is 3. The van der Waals surface area contributed by atoms with E-state index in [1.165, 1.54) is 10.4 Å². The van der Waals surface area contributed by atoms with Gasteiger partial charge in [0.1, 0.15) is 0 Å². The first-order chi connectivity index (χ1) is 36.7. The van der Waals surface area contributed by atoms with Gasteiger partial charge in [-0.15, -0.1) is 0 Å². The van der Waals surface area contributed by atoms with E-state index in [9.17, 15) is 14.4 Å². The minimum Gasteiger partial charge on any atom is -0.481 e. The maximum Gasteiger partial charge on any atom is 0.316 e. The number of nitrogens with zero attached hydrogens (tertiary/aromatic N) is 6. The monoisotopic (exact) mass is 1240 g/mol. The number of Topliss-reactive ketones (excluding diaryl/α,β-unsaturated/α-hetero) is 3. The van der Waals surface area contributed by atoms with Gasteiger partial charge >= 0.3 is 5.54 Å². The smallest absolute Gasteiger partial charge is 0.316 e. The Balaban J connectivity index is 0.000000191. The molecule has 3 aromatic heterocycles. The quantitative estimate of drug-likeness (QED) is 0.0937. The molecule has 9 rings (SSSR count). The SMILES string of the molecule is [C-]#[N+]C12C[C@@H](C)[C@@H](C)[C@H](Cc3nc(OC)ccc31)C2=O.[C-]#[N+]C1C[C@@H](C)[C@H]([Si](C)(C)c2ccccc2)[C@@H](Cc2cccc(OC)n2)C1=O.[C-]#[N+]C1C[C@@H](C)[C@H]([Si](C)(C)c2ccccc2)[C@@H](Cc2nc(OC)ccc2Br)C1=O.[Pd]. The first-order valence-electron chi connectivity index (χ1n) is 26.8. The summed E-state index contributed by atoms with van der Waals surface area (Å²) in [5.74, 6) is 2.77. The summed E-state index contributed by atoms with van der Waals surface area (Å²) >= 11 is 3.59. The molecule has 78 heavy (non-hydrogen) atoms. The van der Waals surface area contributed by atoms with Crippen molar-refractivity contribution in [3.8, 4) is 17.6 Å². The predicted molar refractivity (Wildman–Crippen MR) is 311 cm³/mol. The van der Waals surface area contributed by atoms with Gasteiger partial charge in [-0.2, -0.15) is 0 Å². The maximum atomic E-state index is 13.4. The summed E-state index contributed by atoms with van der Waals surface area (Å²) in [6.45, 7) is 40.8. The van der Waals surface area contributed by atoms with Crippen LogP contribution in [0.3, 0.4) is 0 Å². The standard InChI is InChI=1S/C23H27BrN2O2Si.C23H28N2O2Si.C16H18N2O2.Pd/c1-15-13-20(25-2)22(27)17(14-19-18(24)11-12-21(26-19)28-3)23(15)29(4,5)16-9-7-6-8-10-16;1-16-14-20(24-2)22(26)19(15-17-10-9-13-21(25-17)27-3)23(16)28(4,5)18-11-7-6-8-12-18;1-9-8-16(17-3)12-5-6-14(20-4)18-13(12)7-11(10(9)2)15(16)19;/h6-12,15,17,20,23H,13-14H2,1,3-5H3;6-13,16,19-20,23H,14-15H2,1,3-5H3;5-6,9-11H,7-8H2,1-2,4H3;/t15-,17+,20?,23+;16-,19+,20?,23+;9-,10-,11+,16?;/m111./s1. The first kappa shape index (κ1) is 61.6. The van der Waals surface area contributed by atoms with E-state index in [1.807, 2.05) is 42.5 Å². The minimum absolute atomic E-state index is 0. The Hall–Kier alpha value is -5.65. The summed E-state index contributed by atoms with van der Waals surface area (Å²) in [4.78, 5) is 64.2. The van der Waals surface area contributed by atoms with Crippen molar-refractivity contribution in [3.05, 3.63) is 164 Å². The molecular weight excluding hydrogens is 1170 g/mol. The number of aromatic nitrogens is 3. The number of fused-ring (bicyclic) bond motifs is 4. The zero-order chi connectivity index (χ0) is 56.0. The molecule has 5 aromatic rings. The molecule has 4 aliphatic rings. The van der Waals surface area contributed by atoms with E-state index in [1.54, 1.807) is 33.5 Å². The van der Waals surface area contributed by atoms with E-state index >= 15 is 0 Å². The second-order valence-corrected chi connectivity index (χ2v) is 33.1. The van der Waals surface area contributed by atoms with Gasteiger partial charge in [0.15, 0.2) is 0 Å². The molecule has 0 spiro atoms. The van der Waals surface area contributed by atoms with Crippen molar-refractivity contribution >= 4 is 59.8 Å². The number of hydrogen-bond acceptors (Lipinski definition) is 9. The topological polar surface area (TPSA) is 131 Å². The third-order valence-electron chi connectivity index (χ3n) is 17.7. The van der Waals surface area contributed by atoms with Gasteiger partial charge < -0.3 is 23.9 Å². The summed E-state index contributed by atoms with van der Waals surface area (Å²) in [6.07, 6.45) is 3.65. The molecule has 2 bridgehead atoms. The molecule has 0 N–H and O–H groups in total. The molecule has 16 heteroatoms. The molecule has 4 aliphatic carbocycles. The van der Waals surface area contributed by atoms with Crippen LogP contribution in [0, 0.1) is 61.1 Å². The molecule has 0 amide bonds. The van der Waals surface area contributed by atoms with Crippen LogP contribution in [-0.4, -0.2) is 81.9 Å². The number of pyridine rings is 3. The number of carbonyl (C=O) groups excluding carboxylic acids is 3. The summed E-state index contributed by atoms with van der Waals surface area (Å²) in [5.41, 5.74) is 2.85. The molecule has 0 saturated heterocycles. The zero-order valence-electron chi connectivity index (χ0n) is 46.7. The van der Waals surface area contributed by atoms with Crippen molar-refractivity contribution < 1.29 is 49.0 Å². The Labute approximate surface area is 486 Å². The van der Waals surface area contributed by atoms with Crippen molar-refractivity contribution in [2.75, 3.05) is 21.3 Å². The molecular formula is C62H73BrN6O6PdSi2. The van der Waals surface area contributed by atoms with Gasteiger partial charge in [-0.25, -0.2) is 34.7 Å². The van der Waals surface area contributed by atoms with Crippen molar-refractivity contribution in [2.45, 2.75) is 121 Å². The molecule has 12 atom stereocenters. The summed E-state index contributed by atoms with van der Waals surface area (Å²) in [6, 6.07) is 33.1. The van der Waals surface area contributed by atoms with Crippen LogP contribution in [0.4, 0.5) is 0 Å². The number of rotatable bonds is 11. The third-order valence-corrected chi connectivity index (χ3v) is 27.4. The van der Waals surface area contributed by atoms with Crippen LogP contribution in [0.1, 0.15) is 69.6 Å². The van der Waals surface area contributed by atoms with Gasteiger partial charge in [-0.1, -0.05) is 131 Å². The molecule has 3 saturated carbocycles. The number of hydrogen-bond donors (Lipinski definition) is 0. The van der Waals surface area contributed by atoms with Gasteiger partial charge in [0.25, 0.3) is 12.1 Å². The Morgan fingerprint density at radius 1 is 0.615 bits per heavy atom. The molecule has 3 heterocycles. The number of ketones is 3. The maximum absolute atomic E-state index is 13.4. The Morgan fingerprint density at radius 2 is 1.10 bits per heavy atom. The fraction of sp³-hybridized carbons (Fsp3) is 0.468. The zero-order valence-corrected chi connectivity index (χ0v) is 51.9. The average Bonchev–Trinajstić information content (AvgIpc) is 3.46. The van der Waals surface area contributed by atoms with E-state index in [2.05, 4.69) is 148 Å². The summed E-state index contributed by atoms with van der Waals surface area (Å²) in [5, 5.41) is 2.72. The van der Waals surface area contributed by atoms with Gasteiger partial charge in [0.05, 0.1) is 54.4 Å². The van der Waals surface area contributed by atoms with E-state index in [4.69, 9.17) is 33.9 Å². The van der Waals surface area contributed by atoms with Crippen molar-refractivity contribution in [2.24, 2.45) is 41.4 Å². The first-order valence-corrected chi connectivity index (χ1v) is 33.7. The molecule has 412 valence electrons. The van der Waals surface area contributed by atoms with Crippen molar-refractivity contribution in [1.82, 2.24) is 15.0 Å². The number of methoxy groups -OCH3 is 3. The number of ether oxygens (including phenoxy) is 3. The van der Waals surface area contributed by atoms with Crippen LogP contribution >= 0.6 is 15.9 Å². The van der Waals surface area contributed by atoms with Crippen LogP contribution in [-0.2, 0) is 59.6 Å². The van der Waals surface area contributed by atoms with E-state index in [0.29, 0.717) is 79.8 Å². The summed E-state index contributed by atoms with van der Waals surface area (Å²) < 4.78 is 16.6. The van der Waals surface area contributed by atoms with Crippen molar-refractivity contribution in [1.29, 1.82) is 0 Å². The van der Waals surface area contributed by atoms with Crippen molar-refractivity contribution in [3.63, 3.8) is 0 Å². The van der Waals surface area contributed by atoms with Crippen LogP contribution < -0.4 is 24.6 Å². The fourth-order valence-corrected chi connectivity index (χ4v) is 22.6. The van der Waals surface area contributed by atoms with Gasteiger partial charge in [-0.3, -0.25) is 19.2 Å². The van der Waals surface area contributed by atoms with Crippen LogP contribution in [0.5, 0.6) is 17.6 Å². The van der Waals surface area contributed by atoms with Crippen LogP contribution in [0.25, 0.3) is 14.5 Å². The largest absolute Gasteiger partial charge is 0.481 e. The van der Waals surface area contributed by atoms with Gasteiger partial charge in [0.2, 0.25) is 35.0 Å². The molecule has 0 aliphatic heterocycles. The molecule has 2 aromatic carbocycles. The molecule has 3 unspecified atom stereocenters. The van der Waals surface area contributed by atoms with Gasteiger partial charge in [-0.05, 0) is 75.3 Å². The second kappa shape index (κ2) is 26.1. The fourth-order valence-electron chi connectivity index (χ4n) is 13.7. The third kappa shape index (κ3) is 12.5. The Bertz CT molecular complexity index is 3070. The normalized spacial score (nSPS) is 27.2. The Kier molecular flexibility index (Phi) is 20.6. The number of halogens is 1. The summed E-state index contributed by atoms with van der Waals surface area (Å²) in [7, 11) is 0.849.